The fraction of sp³-hybridized carbons (Fsp3) is 0.500. The second-order valence-corrected chi connectivity index (χ2v) is 7.66. The predicted octanol–water partition coefficient (Wildman–Crippen LogP) is 3.48. The molecular formula is C20H25N3OS. The molecule has 1 aromatic rings. The number of nitrogens with zero attached hydrogens (tertiary/aromatic N) is 1. The lowest BCUT2D eigenvalue weighted by molar-refractivity contribution is 0.246. The standard InChI is InChI=1S/C20H25N3OS/c1-2-24-15-8-6-13(7-9-15)12-21-23-20(25)22-19-11-14-10-18(19)17-5-3-4-16(14)17/h3,5-9,12,14,16-19H,2,4,10-11H2,1H3,(H2,22,23,25)/b21-12-/t14-,16-,17-,18+,19-/m1/s1. The molecule has 132 valence electrons. The van der Waals surface area contributed by atoms with Crippen LogP contribution in [0, 0.1) is 23.7 Å². The molecule has 1 aromatic carbocycles. The van der Waals surface area contributed by atoms with Gasteiger partial charge in [-0.15, -0.1) is 0 Å². The van der Waals surface area contributed by atoms with E-state index in [0.717, 1.165) is 35.0 Å². The highest BCUT2D eigenvalue weighted by molar-refractivity contribution is 7.80. The second kappa shape index (κ2) is 7.16. The van der Waals surface area contributed by atoms with E-state index in [0.29, 0.717) is 17.8 Å². The maximum absolute atomic E-state index is 5.44. The first-order chi connectivity index (χ1) is 12.2. The highest BCUT2D eigenvalue weighted by Gasteiger charge is 2.52. The van der Waals surface area contributed by atoms with Gasteiger partial charge in [-0.2, -0.15) is 5.10 Å². The lowest BCUT2D eigenvalue weighted by atomic mass is 9.79. The van der Waals surface area contributed by atoms with Crippen LogP contribution in [0.15, 0.2) is 41.5 Å². The molecule has 0 amide bonds. The number of nitrogens with one attached hydrogen (secondary N) is 2. The highest BCUT2D eigenvalue weighted by atomic mass is 32.1. The molecule has 4 rings (SSSR count). The molecule has 3 aliphatic carbocycles. The molecule has 0 saturated heterocycles. The molecule has 0 aromatic heterocycles. The van der Waals surface area contributed by atoms with Crippen molar-refractivity contribution in [1.82, 2.24) is 10.7 Å². The summed E-state index contributed by atoms with van der Waals surface area (Å²) in [4.78, 5) is 0. The van der Waals surface area contributed by atoms with Crippen LogP contribution in [0.2, 0.25) is 0 Å². The van der Waals surface area contributed by atoms with Crippen LogP contribution in [0.25, 0.3) is 0 Å². The van der Waals surface area contributed by atoms with E-state index < -0.39 is 0 Å². The average molecular weight is 356 g/mol. The Morgan fingerprint density at radius 3 is 2.92 bits per heavy atom. The van der Waals surface area contributed by atoms with Crippen molar-refractivity contribution in [3.05, 3.63) is 42.0 Å². The van der Waals surface area contributed by atoms with Gasteiger partial charge in [0.15, 0.2) is 5.11 Å². The molecule has 2 fully saturated rings. The average Bonchev–Trinajstić information content (AvgIpc) is 3.29. The van der Waals surface area contributed by atoms with Crippen LogP contribution in [0.4, 0.5) is 0 Å². The molecule has 5 heteroatoms. The van der Waals surface area contributed by atoms with Crippen LogP contribution < -0.4 is 15.5 Å². The van der Waals surface area contributed by atoms with Crippen molar-refractivity contribution in [2.45, 2.75) is 32.2 Å². The van der Waals surface area contributed by atoms with Gasteiger partial charge in [0.05, 0.1) is 12.8 Å². The number of rotatable bonds is 5. The van der Waals surface area contributed by atoms with Crippen molar-refractivity contribution in [2.75, 3.05) is 6.61 Å². The summed E-state index contributed by atoms with van der Waals surface area (Å²) in [5.74, 6) is 4.16. The van der Waals surface area contributed by atoms with E-state index in [1.165, 1.54) is 19.3 Å². The van der Waals surface area contributed by atoms with Gasteiger partial charge in [0.1, 0.15) is 5.75 Å². The summed E-state index contributed by atoms with van der Waals surface area (Å²) >= 11 is 5.42. The van der Waals surface area contributed by atoms with E-state index in [9.17, 15) is 0 Å². The Morgan fingerprint density at radius 1 is 1.28 bits per heavy atom. The topological polar surface area (TPSA) is 45.6 Å². The van der Waals surface area contributed by atoms with Gasteiger partial charge in [-0.05, 0) is 91.9 Å². The maximum Gasteiger partial charge on any atom is 0.187 e. The zero-order valence-corrected chi connectivity index (χ0v) is 15.3. The fourth-order valence-corrected chi connectivity index (χ4v) is 5.10. The van der Waals surface area contributed by atoms with Crippen molar-refractivity contribution in [2.24, 2.45) is 28.8 Å². The molecule has 25 heavy (non-hydrogen) atoms. The number of benzene rings is 1. The van der Waals surface area contributed by atoms with Crippen molar-refractivity contribution < 1.29 is 4.74 Å². The van der Waals surface area contributed by atoms with Crippen LogP contribution in [0.5, 0.6) is 5.75 Å². The number of hydrogen-bond donors (Lipinski definition) is 2. The van der Waals surface area contributed by atoms with Crippen LogP contribution >= 0.6 is 12.2 Å². The molecular weight excluding hydrogens is 330 g/mol. The Hall–Kier alpha value is -1.88. The largest absolute Gasteiger partial charge is 0.494 e. The van der Waals surface area contributed by atoms with Crippen LogP contribution in [0.1, 0.15) is 31.7 Å². The summed E-state index contributed by atoms with van der Waals surface area (Å²) in [6.45, 7) is 2.65. The summed E-state index contributed by atoms with van der Waals surface area (Å²) in [6, 6.07) is 8.35. The molecule has 2 N–H and O–H groups in total. The minimum absolute atomic E-state index is 0.495. The third-order valence-corrected chi connectivity index (χ3v) is 6.11. The SMILES string of the molecule is CCOc1ccc(/C=N\NC(=S)N[C@@H]2C[C@H]3C[C@H]2[C@@H]2C=CC[C@H]32)cc1. The lowest BCUT2D eigenvalue weighted by Crippen LogP contribution is -2.45. The lowest BCUT2D eigenvalue weighted by Gasteiger charge is -2.32. The van der Waals surface area contributed by atoms with Gasteiger partial charge in [-0.25, -0.2) is 0 Å². The number of allylic oxidation sites excluding steroid dienone is 2. The second-order valence-electron chi connectivity index (χ2n) is 7.25. The van der Waals surface area contributed by atoms with Crippen molar-refractivity contribution >= 4 is 23.5 Å². The molecule has 0 spiro atoms. The van der Waals surface area contributed by atoms with E-state index >= 15 is 0 Å². The molecule has 5 atom stereocenters. The van der Waals surface area contributed by atoms with E-state index in [2.05, 4.69) is 28.0 Å². The van der Waals surface area contributed by atoms with E-state index in [4.69, 9.17) is 17.0 Å². The Labute approximate surface area is 154 Å². The summed E-state index contributed by atoms with van der Waals surface area (Å²) in [6.07, 6.45) is 10.5. The van der Waals surface area contributed by atoms with Gasteiger partial charge in [0.2, 0.25) is 0 Å². The zero-order chi connectivity index (χ0) is 17.2. The monoisotopic (exact) mass is 355 g/mol. The Balaban J connectivity index is 1.26. The van der Waals surface area contributed by atoms with Gasteiger partial charge in [-0.3, -0.25) is 5.43 Å². The number of thiocarbonyl (C=S) groups is 1. The molecule has 0 aliphatic heterocycles. The van der Waals surface area contributed by atoms with Gasteiger partial charge in [-0.1, -0.05) is 12.2 Å². The Morgan fingerprint density at radius 2 is 2.12 bits per heavy atom. The first-order valence-electron chi connectivity index (χ1n) is 9.23. The summed E-state index contributed by atoms with van der Waals surface area (Å²) < 4.78 is 5.44. The van der Waals surface area contributed by atoms with Crippen LogP contribution in [0.3, 0.4) is 0 Å². The smallest absolute Gasteiger partial charge is 0.187 e. The number of fused-ring (bicyclic) bond motifs is 5. The Bertz CT molecular complexity index is 685. The molecule has 0 radical (unpaired) electrons. The predicted molar refractivity (Wildman–Crippen MR) is 105 cm³/mol. The quantitative estimate of drug-likeness (QED) is 0.367. The molecule has 0 unspecified atom stereocenters. The van der Waals surface area contributed by atoms with Gasteiger partial charge >= 0.3 is 0 Å². The maximum atomic E-state index is 5.44. The van der Waals surface area contributed by atoms with Crippen molar-refractivity contribution in [1.29, 1.82) is 0 Å². The van der Waals surface area contributed by atoms with E-state index in [1.807, 2.05) is 31.2 Å². The van der Waals surface area contributed by atoms with E-state index in [1.54, 1.807) is 6.21 Å². The van der Waals surface area contributed by atoms with E-state index in [-0.39, 0.29) is 0 Å². The third-order valence-electron chi connectivity index (χ3n) is 5.90. The minimum Gasteiger partial charge on any atom is -0.494 e. The molecule has 4 nitrogen and oxygen atoms in total. The van der Waals surface area contributed by atoms with Gasteiger partial charge in [0.25, 0.3) is 0 Å². The minimum atomic E-state index is 0.495. The summed E-state index contributed by atoms with van der Waals surface area (Å²) in [5.41, 5.74) is 3.97. The molecule has 2 bridgehead atoms. The first kappa shape index (κ1) is 16.6. The normalized spacial score (nSPS) is 32.1. The number of ether oxygens (including phenoxy) is 1. The van der Waals surface area contributed by atoms with Crippen molar-refractivity contribution in [3.8, 4) is 5.75 Å². The van der Waals surface area contributed by atoms with Crippen LogP contribution in [-0.4, -0.2) is 24.0 Å². The highest BCUT2D eigenvalue weighted by Crippen LogP contribution is 2.56. The van der Waals surface area contributed by atoms with Gasteiger partial charge in [0, 0.05) is 6.04 Å². The van der Waals surface area contributed by atoms with Crippen molar-refractivity contribution in [3.63, 3.8) is 0 Å². The van der Waals surface area contributed by atoms with Crippen LogP contribution in [-0.2, 0) is 0 Å². The summed E-state index contributed by atoms with van der Waals surface area (Å²) in [5, 5.41) is 8.37. The zero-order valence-electron chi connectivity index (χ0n) is 14.5. The molecule has 0 heterocycles. The fourth-order valence-electron chi connectivity index (χ4n) is 4.89. The third kappa shape index (κ3) is 3.43. The molecule has 3 aliphatic rings. The molecule has 2 saturated carbocycles. The summed E-state index contributed by atoms with van der Waals surface area (Å²) in [7, 11) is 0. The van der Waals surface area contributed by atoms with Gasteiger partial charge < -0.3 is 10.1 Å². The first-order valence-corrected chi connectivity index (χ1v) is 9.64. The Kier molecular flexibility index (Phi) is 4.75. The number of hydrogen-bond acceptors (Lipinski definition) is 3. The number of hydrazone groups is 1.